The van der Waals surface area contributed by atoms with Crippen molar-refractivity contribution in [2.75, 3.05) is 10.6 Å². The molecular weight excluding hydrogens is 338 g/mol. The second kappa shape index (κ2) is 8.36. The van der Waals surface area contributed by atoms with Gasteiger partial charge in [-0.2, -0.15) is 0 Å². The minimum atomic E-state index is -0.242. The van der Waals surface area contributed by atoms with Gasteiger partial charge in [0.05, 0.1) is 6.10 Å². The molecule has 138 valence electrons. The molecule has 1 amide bonds. The van der Waals surface area contributed by atoms with Crippen LogP contribution in [0.5, 0.6) is 5.75 Å². The molecule has 1 heterocycles. The Morgan fingerprint density at radius 2 is 1.74 bits per heavy atom. The first-order chi connectivity index (χ1) is 13.0. The van der Waals surface area contributed by atoms with Gasteiger partial charge in [-0.15, -0.1) is 0 Å². The van der Waals surface area contributed by atoms with Crippen molar-refractivity contribution in [1.29, 1.82) is 0 Å². The third-order valence-corrected chi connectivity index (χ3v) is 3.90. The third-order valence-electron chi connectivity index (χ3n) is 3.90. The summed E-state index contributed by atoms with van der Waals surface area (Å²) in [7, 11) is 0. The van der Waals surface area contributed by atoms with Crippen LogP contribution in [0.25, 0.3) is 0 Å². The lowest BCUT2D eigenvalue weighted by Crippen LogP contribution is -2.14. The van der Waals surface area contributed by atoms with E-state index in [1.54, 1.807) is 12.3 Å². The van der Waals surface area contributed by atoms with Gasteiger partial charge in [0.1, 0.15) is 11.4 Å². The number of para-hydroxylation sites is 1. The molecule has 5 heteroatoms. The molecule has 2 aromatic carbocycles. The first-order valence-corrected chi connectivity index (χ1v) is 8.88. The average molecular weight is 361 g/mol. The molecule has 0 radical (unpaired) electrons. The number of hydrogen-bond donors (Lipinski definition) is 2. The maximum Gasteiger partial charge on any atom is 0.274 e. The predicted octanol–water partition coefficient (Wildman–Crippen LogP) is 5.17. The summed E-state index contributed by atoms with van der Waals surface area (Å²) in [4.78, 5) is 16.7. The van der Waals surface area contributed by atoms with Crippen molar-refractivity contribution in [1.82, 2.24) is 4.98 Å². The number of benzene rings is 2. The number of carbonyl (C=O) groups is 1. The summed E-state index contributed by atoms with van der Waals surface area (Å²) in [5, 5.41) is 6.18. The number of aryl methyl sites for hydroxylation is 1. The summed E-state index contributed by atoms with van der Waals surface area (Å²) in [6.07, 6.45) is 1.75. The summed E-state index contributed by atoms with van der Waals surface area (Å²) in [6, 6.07) is 18.9. The topological polar surface area (TPSA) is 63.2 Å². The van der Waals surface area contributed by atoms with E-state index in [9.17, 15) is 4.79 Å². The summed E-state index contributed by atoms with van der Waals surface area (Å²) in [6.45, 7) is 5.94. The number of ether oxygens (including phenoxy) is 1. The van der Waals surface area contributed by atoms with Crippen LogP contribution in [-0.2, 0) is 0 Å². The Balaban J connectivity index is 1.70. The monoisotopic (exact) mass is 361 g/mol. The summed E-state index contributed by atoms with van der Waals surface area (Å²) < 4.78 is 5.65. The van der Waals surface area contributed by atoms with Gasteiger partial charge >= 0.3 is 0 Å². The van der Waals surface area contributed by atoms with Crippen LogP contribution in [-0.4, -0.2) is 17.0 Å². The van der Waals surface area contributed by atoms with E-state index in [0.29, 0.717) is 5.69 Å². The Morgan fingerprint density at radius 1 is 1.00 bits per heavy atom. The van der Waals surface area contributed by atoms with Gasteiger partial charge in [0.25, 0.3) is 5.91 Å². The zero-order chi connectivity index (χ0) is 19.2. The highest BCUT2D eigenvalue weighted by molar-refractivity contribution is 6.03. The molecule has 3 rings (SSSR count). The van der Waals surface area contributed by atoms with Gasteiger partial charge in [-0.05, 0) is 68.8 Å². The quantitative estimate of drug-likeness (QED) is 0.635. The highest BCUT2D eigenvalue weighted by Gasteiger charge is 2.10. The van der Waals surface area contributed by atoms with E-state index in [4.69, 9.17) is 4.74 Å². The van der Waals surface area contributed by atoms with Crippen molar-refractivity contribution in [2.24, 2.45) is 0 Å². The molecule has 0 spiro atoms. The van der Waals surface area contributed by atoms with Gasteiger partial charge in [0.2, 0.25) is 0 Å². The van der Waals surface area contributed by atoms with Gasteiger partial charge < -0.3 is 15.4 Å². The van der Waals surface area contributed by atoms with Crippen LogP contribution in [0.3, 0.4) is 0 Å². The molecule has 0 unspecified atom stereocenters. The molecule has 3 aromatic rings. The molecule has 0 aliphatic heterocycles. The number of amides is 1. The largest absolute Gasteiger partial charge is 0.491 e. The first-order valence-electron chi connectivity index (χ1n) is 8.88. The van der Waals surface area contributed by atoms with Crippen LogP contribution < -0.4 is 15.4 Å². The smallest absolute Gasteiger partial charge is 0.274 e. The number of nitrogens with zero attached hydrogens (tertiary/aromatic N) is 1. The van der Waals surface area contributed by atoms with Crippen molar-refractivity contribution in [3.05, 3.63) is 78.1 Å². The van der Waals surface area contributed by atoms with Gasteiger partial charge in [-0.3, -0.25) is 9.78 Å². The Labute approximate surface area is 159 Å². The molecule has 2 N–H and O–H groups in total. The van der Waals surface area contributed by atoms with Crippen molar-refractivity contribution >= 4 is 23.0 Å². The molecule has 0 saturated carbocycles. The number of carbonyl (C=O) groups excluding carboxylic acids is 1. The molecule has 0 saturated heterocycles. The summed E-state index contributed by atoms with van der Waals surface area (Å²) >= 11 is 0. The van der Waals surface area contributed by atoms with E-state index < -0.39 is 0 Å². The Hall–Kier alpha value is -3.34. The summed E-state index contributed by atoms with van der Waals surface area (Å²) in [5.74, 6) is 0.581. The normalized spacial score (nSPS) is 10.5. The van der Waals surface area contributed by atoms with E-state index in [1.807, 2.05) is 75.4 Å². The van der Waals surface area contributed by atoms with E-state index >= 15 is 0 Å². The predicted molar refractivity (Wildman–Crippen MR) is 109 cm³/mol. The molecular formula is C22H23N3O2. The van der Waals surface area contributed by atoms with Crippen molar-refractivity contribution in [3.8, 4) is 5.75 Å². The van der Waals surface area contributed by atoms with Crippen LogP contribution in [0, 0.1) is 6.92 Å². The minimum Gasteiger partial charge on any atom is -0.491 e. The first kappa shape index (κ1) is 18.5. The van der Waals surface area contributed by atoms with E-state index in [-0.39, 0.29) is 12.0 Å². The fourth-order valence-corrected chi connectivity index (χ4v) is 2.59. The van der Waals surface area contributed by atoms with Crippen LogP contribution in [0.4, 0.5) is 17.1 Å². The van der Waals surface area contributed by atoms with Crippen molar-refractivity contribution in [2.45, 2.75) is 26.9 Å². The van der Waals surface area contributed by atoms with Gasteiger partial charge in [0.15, 0.2) is 0 Å². The van der Waals surface area contributed by atoms with Gasteiger partial charge in [0, 0.05) is 23.3 Å². The number of rotatable bonds is 6. The molecule has 1 aromatic heterocycles. The third kappa shape index (κ3) is 5.07. The molecule has 0 atom stereocenters. The lowest BCUT2D eigenvalue weighted by Gasteiger charge is -2.12. The minimum absolute atomic E-state index is 0.137. The van der Waals surface area contributed by atoms with Crippen LogP contribution in [0.15, 0.2) is 66.9 Å². The highest BCUT2D eigenvalue weighted by atomic mass is 16.5. The van der Waals surface area contributed by atoms with E-state index in [0.717, 1.165) is 28.4 Å². The average Bonchev–Trinajstić information content (AvgIpc) is 2.65. The highest BCUT2D eigenvalue weighted by Crippen LogP contribution is 2.21. The van der Waals surface area contributed by atoms with Gasteiger partial charge in [-0.1, -0.05) is 18.2 Å². The fourth-order valence-electron chi connectivity index (χ4n) is 2.59. The standard InChI is InChI=1S/C22H23N3O2/c1-15(2)27-19-10-8-17(9-11-19)24-18-12-13-23-21(14-18)22(26)25-20-7-5-4-6-16(20)3/h4-15H,1-3H3,(H,23,24)(H,25,26). The van der Waals surface area contributed by atoms with Crippen LogP contribution in [0.2, 0.25) is 0 Å². The second-order valence-electron chi connectivity index (χ2n) is 6.51. The second-order valence-corrected chi connectivity index (χ2v) is 6.51. The number of hydrogen-bond acceptors (Lipinski definition) is 4. The Morgan fingerprint density at radius 3 is 2.44 bits per heavy atom. The number of anilines is 3. The molecule has 27 heavy (non-hydrogen) atoms. The van der Waals surface area contributed by atoms with E-state index in [2.05, 4.69) is 15.6 Å². The Kier molecular flexibility index (Phi) is 5.71. The molecule has 0 fully saturated rings. The molecule has 0 aliphatic rings. The lowest BCUT2D eigenvalue weighted by atomic mass is 10.2. The number of aromatic nitrogens is 1. The zero-order valence-corrected chi connectivity index (χ0v) is 15.7. The molecule has 0 aliphatic carbocycles. The maximum atomic E-state index is 12.5. The van der Waals surface area contributed by atoms with Gasteiger partial charge in [-0.25, -0.2) is 0 Å². The summed E-state index contributed by atoms with van der Waals surface area (Å²) in [5.41, 5.74) is 3.83. The van der Waals surface area contributed by atoms with Crippen molar-refractivity contribution in [3.63, 3.8) is 0 Å². The molecule has 5 nitrogen and oxygen atoms in total. The zero-order valence-electron chi connectivity index (χ0n) is 15.7. The number of pyridine rings is 1. The van der Waals surface area contributed by atoms with Crippen molar-refractivity contribution < 1.29 is 9.53 Å². The van der Waals surface area contributed by atoms with Crippen LogP contribution in [0.1, 0.15) is 29.9 Å². The molecule has 0 bridgehead atoms. The lowest BCUT2D eigenvalue weighted by molar-refractivity contribution is 0.102. The Bertz CT molecular complexity index is 921. The fraction of sp³-hybridized carbons (Fsp3) is 0.182. The maximum absolute atomic E-state index is 12.5. The van der Waals surface area contributed by atoms with Crippen LogP contribution >= 0.6 is 0 Å². The SMILES string of the molecule is Cc1ccccc1NC(=O)c1cc(Nc2ccc(OC(C)C)cc2)ccn1. The number of nitrogens with one attached hydrogen (secondary N) is 2. The van der Waals surface area contributed by atoms with E-state index in [1.165, 1.54) is 0 Å².